The van der Waals surface area contributed by atoms with Crippen molar-refractivity contribution >= 4 is 27.8 Å². The third-order valence-corrected chi connectivity index (χ3v) is 3.61. The molecule has 16 heavy (non-hydrogen) atoms. The molecule has 1 fully saturated rings. The first-order chi connectivity index (χ1) is 7.49. The van der Waals surface area contributed by atoms with Gasteiger partial charge >= 0.3 is 0 Å². The number of allylic oxidation sites excluding steroid dienone is 1. The van der Waals surface area contributed by atoms with Crippen LogP contribution in [0.4, 0.5) is 0 Å². The van der Waals surface area contributed by atoms with Gasteiger partial charge in [0.15, 0.2) is 5.78 Å². The normalized spacial score (nSPS) is 21.7. The van der Waals surface area contributed by atoms with Crippen molar-refractivity contribution in [3.8, 4) is 0 Å². The van der Waals surface area contributed by atoms with E-state index in [2.05, 4.69) is 15.9 Å². The Kier molecular flexibility index (Phi) is 3.02. The van der Waals surface area contributed by atoms with Gasteiger partial charge in [0, 0.05) is 9.89 Å². The van der Waals surface area contributed by atoms with Crippen molar-refractivity contribution in [3.63, 3.8) is 0 Å². The van der Waals surface area contributed by atoms with Gasteiger partial charge in [0.05, 0.1) is 0 Å². The van der Waals surface area contributed by atoms with Crippen molar-refractivity contribution in [1.82, 2.24) is 0 Å². The summed E-state index contributed by atoms with van der Waals surface area (Å²) in [6.45, 7) is 4.05. The Balaban J connectivity index is 2.30. The number of Topliss-reactive ketones (excluding diaryl/α,β-unsaturated/α-hetero) is 1. The minimum absolute atomic E-state index is 0.169. The average Bonchev–Trinajstić information content (AvgIpc) is 2.45. The molecule has 0 heterocycles. The van der Waals surface area contributed by atoms with Crippen LogP contribution in [0.25, 0.3) is 6.08 Å². The van der Waals surface area contributed by atoms with Crippen molar-refractivity contribution in [3.05, 3.63) is 39.9 Å². The van der Waals surface area contributed by atoms with Crippen molar-refractivity contribution in [2.45, 2.75) is 26.7 Å². The molecule has 1 aliphatic rings. The van der Waals surface area contributed by atoms with Crippen molar-refractivity contribution < 1.29 is 4.79 Å². The maximum absolute atomic E-state index is 12.0. The average molecular weight is 279 g/mol. The summed E-state index contributed by atoms with van der Waals surface area (Å²) >= 11 is 3.43. The van der Waals surface area contributed by atoms with Crippen LogP contribution in [0.2, 0.25) is 0 Å². The van der Waals surface area contributed by atoms with Gasteiger partial charge in [-0.25, -0.2) is 0 Å². The lowest BCUT2D eigenvalue weighted by atomic mass is 9.90. The molecule has 0 radical (unpaired) electrons. The lowest BCUT2D eigenvalue weighted by Crippen LogP contribution is -2.17. The molecule has 0 atom stereocenters. The quantitative estimate of drug-likeness (QED) is 0.703. The summed E-state index contributed by atoms with van der Waals surface area (Å²) in [6.07, 6.45) is 3.88. The summed E-state index contributed by atoms with van der Waals surface area (Å²) in [5.41, 5.74) is 1.89. The van der Waals surface area contributed by atoms with Gasteiger partial charge in [-0.2, -0.15) is 0 Å². The van der Waals surface area contributed by atoms with Crippen LogP contribution in [0.15, 0.2) is 34.3 Å². The van der Waals surface area contributed by atoms with Gasteiger partial charge in [0.25, 0.3) is 0 Å². The van der Waals surface area contributed by atoms with Crippen LogP contribution in [0, 0.1) is 5.41 Å². The molecule has 1 saturated carbocycles. The minimum atomic E-state index is -0.169. The highest BCUT2D eigenvalue weighted by molar-refractivity contribution is 9.10. The van der Waals surface area contributed by atoms with Crippen LogP contribution in [-0.2, 0) is 4.79 Å². The van der Waals surface area contributed by atoms with Gasteiger partial charge in [-0.3, -0.25) is 4.79 Å². The number of hydrogen-bond acceptors (Lipinski definition) is 1. The zero-order chi connectivity index (χ0) is 11.8. The maximum Gasteiger partial charge on any atom is 0.164 e. The molecule has 0 amide bonds. The van der Waals surface area contributed by atoms with Gasteiger partial charge in [0.1, 0.15) is 0 Å². The number of carbonyl (C=O) groups excluding carboxylic acids is 1. The third kappa shape index (κ3) is 2.27. The molecule has 0 aliphatic heterocycles. The van der Waals surface area contributed by atoms with Gasteiger partial charge < -0.3 is 0 Å². The predicted octanol–water partition coefficient (Wildman–Crippen LogP) is 4.22. The molecular weight excluding hydrogens is 264 g/mol. The SMILES string of the molecule is CC1(C)CC/C(=C\c2cccc(Br)c2)C1=O. The fraction of sp³-hybridized carbons (Fsp3) is 0.357. The van der Waals surface area contributed by atoms with E-state index in [1.54, 1.807) is 0 Å². The molecule has 84 valence electrons. The highest BCUT2D eigenvalue weighted by Crippen LogP contribution is 2.37. The van der Waals surface area contributed by atoms with E-state index in [4.69, 9.17) is 0 Å². The number of rotatable bonds is 1. The van der Waals surface area contributed by atoms with E-state index in [1.807, 2.05) is 44.2 Å². The van der Waals surface area contributed by atoms with Gasteiger partial charge in [-0.05, 0) is 42.2 Å². The number of ketones is 1. The minimum Gasteiger partial charge on any atom is -0.294 e. The van der Waals surface area contributed by atoms with Gasteiger partial charge in [-0.15, -0.1) is 0 Å². The Hall–Kier alpha value is -0.890. The Morgan fingerprint density at radius 1 is 1.38 bits per heavy atom. The second-order valence-corrected chi connectivity index (χ2v) is 5.85. The molecule has 1 aromatic rings. The zero-order valence-electron chi connectivity index (χ0n) is 9.59. The van der Waals surface area contributed by atoms with Gasteiger partial charge in [-0.1, -0.05) is 41.9 Å². The number of hydrogen-bond donors (Lipinski definition) is 0. The molecule has 0 aromatic heterocycles. The van der Waals surface area contributed by atoms with E-state index in [0.29, 0.717) is 5.78 Å². The molecule has 0 unspecified atom stereocenters. The summed E-state index contributed by atoms with van der Waals surface area (Å²) in [7, 11) is 0. The number of carbonyl (C=O) groups is 1. The highest BCUT2D eigenvalue weighted by Gasteiger charge is 2.36. The molecular formula is C14H15BrO. The van der Waals surface area contributed by atoms with Crippen molar-refractivity contribution in [1.29, 1.82) is 0 Å². The lowest BCUT2D eigenvalue weighted by molar-refractivity contribution is -0.121. The second-order valence-electron chi connectivity index (χ2n) is 4.94. The molecule has 0 saturated heterocycles. The lowest BCUT2D eigenvalue weighted by Gasteiger charge is -2.12. The summed E-state index contributed by atoms with van der Waals surface area (Å²) < 4.78 is 1.05. The largest absolute Gasteiger partial charge is 0.294 e. The van der Waals surface area contributed by atoms with Crippen molar-refractivity contribution in [2.75, 3.05) is 0 Å². The summed E-state index contributed by atoms with van der Waals surface area (Å²) in [4.78, 5) is 12.0. The van der Waals surface area contributed by atoms with Crippen LogP contribution in [0.5, 0.6) is 0 Å². The van der Waals surface area contributed by atoms with Crippen LogP contribution < -0.4 is 0 Å². The monoisotopic (exact) mass is 278 g/mol. The Morgan fingerprint density at radius 3 is 2.69 bits per heavy atom. The first-order valence-corrected chi connectivity index (χ1v) is 6.29. The molecule has 0 N–H and O–H groups in total. The molecule has 1 aromatic carbocycles. The van der Waals surface area contributed by atoms with Crippen LogP contribution in [0.3, 0.4) is 0 Å². The molecule has 1 nitrogen and oxygen atoms in total. The van der Waals surface area contributed by atoms with E-state index >= 15 is 0 Å². The maximum atomic E-state index is 12.0. The standard InChI is InChI=1S/C14H15BrO/c1-14(2)7-6-11(13(14)16)8-10-4-3-5-12(15)9-10/h3-5,8-9H,6-7H2,1-2H3/b11-8+. The molecule has 2 heteroatoms. The molecule has 1 aliphatic carbocycles. The van der Waals surface area contributed by atoms with Crippen LogP contribution in [-0.4, -0.2) is 5.78 Å². The molecule has 2 rings (SSSR count). The Morgan fingerprint density at radius 2 is 2.12 bits per heavy atom. The van der Waals surface area contributed by atoms with E-state index < -0.39 is 0 Å². The molecule has 0 bridgehead atoms. The second kappa shape index (κ2) is 4.17. The van der Waals surface area contributed by atoms with Crippen molar-refractivity contribution in [2.24, 2.45) is 5.41 Å². The fourth-order valence-corrected chi connectivity index (χ4v) is 2.46. The number of benzene rings is 1. The van der Waals surface area contributed by atoms with E-state index in [-0.39, 0.29) is 5.41 Å². The van der Waals surface area contributed by atoms with E-state index in [0.717, 1.165) is 28.5 Å². The van der Waals surface area contributed by atoms with Gasteiger partial charge in [0.2, 0.25) is 0 Å². The zero-order valence-corrected chi connectivity index (χ0v) is 11.2. The van der Waals surface area contributed by atoms with Crippen LogP contribution in [0.1, 0.15) is 32.3 Å². The first-order valence-electron chi connectivity index (χ1n) is 5.50. The predicted molar refractivity (Wildman–Crippen MR) is 70.1 cm³/mol. The van der Waals surface area contributed by atoms with Crippen LogP contribution >= 0.6 is 15.9 Å². The first kappa shape index (κ1) is 11.6. The smallest absolute Gasteiger partial charge is 0.164 e. The summed E-state index contributed by atoms with van der Waals surface area (Å²) in [5, 5.41) is 0. The topological polar surface area (TPSA) is 17.1 Å². The summed E-state index contributed by atoms with van der Waals surface area (Å²) in [6, 6.07) is 8.03. The number of halogens is 1. The fourth-order valence-electron chi connectivity index (χ4n) is 2.04. The van der Waals surface area contributed by atoms with E-state index in [1.165, 1.54) is 0 Å². The molecule has 0 spiro atoms. The third-order valence-electron chi connectivity index (χ3n) is 3.12. The Labute approximate surface area is 105 Å². The highest BCUT2D eigenvalue weighted by atomic mass is 79.9. The summed E-state index contributed by atoms with van der Waals surface area (Å²) in [5.74, 6) is 0.299. The Bertz CT molecular complexity index is 458. The van der Waals surface area contributed by atoms with E-state index in [9.17, 15) is 4.79 Å².